The number of carbonyl (C=O) groups excluding carboxylic acids is 1. The van der Waals surface area contributed by atoms with Gasteiger partial charge in [0.05, 0.1) is 6.10 Å². The van der Waals surface area contributed by atoms with Gasteiger partial charge < -0.3 is 20.1 Å². The van der Waals surface area contributed by atoms with Crippen molar-refractivity contribution in [3.8, 4) is 0 Å². The summed E-state index contributed by atoms with van der Waals surface area (Å²) in [5.74, 6) is 0. The fourth-order valence-corrected chi connectivity index (χ4v) is 2.99. The Hall–Kier alpha value is -1.11. The fraction of sp³-hybridized carbons (Fsp3) is 0.667. The molecule has 1 saturated heterocycles. The molecule has 2 atom stereocenters. The van der Waals surface area contributed by atoms with Crippen molar-refractivity contribution in [3.63, 3.8) is 0 Å². The van der Waals surface area contributed by atoms with E-state index in [9.17, 15) is 9.90 Å². The van der Waals surface area contributed by atoms with Crippen molar-refractivity contribution < 1.29 is 14.6 Å². The molecule has 2 rings (SSSR count). The van der Waals surface area contributed by atoms with Crippen LogP contribution in [0, 0.1) is 0 Å². The number of likely N-dealkylation sites (tertiary alicyclic amines) is 1. The van der Waals surface area contributed by atoms with Crippen LogP contribution in [0.4, 0.5) is 4.79 Å². The molecule has 0 radical (unpaired) electrons. The normalized spacial score (nSPS) is 20.6. The van der Waals surface area contributed by atoms with E-state index in [1.807, 2.05) is 37.6 Å². The third-order valence-corrected chi connectivity index (χ3v) is 4.07. The molecule has 0 aromatic carbocycles. The van der Waals surface area contributed by atoms with Crippen molar-refractivity contribution in [2.45, 2.75) is 44.9 Å². The molecule has 2 N–H and O–H groups in total. The minimum atomic E-state index is -0.494. The van der Waals surface area contributed by atoms with Crippen LogP contribution < -0.4 is 5.32 Å². The number of amides is 1. The first kappa shape index (κ1) is 16.3. The van der Waals surface area contributed by atoms with Gasteiger partial charge in [0.15, 0.2) is 0 Å². The molecule has 1 fully saturated rings. The molecule has 0 spiro atoms. The Bertz CT molecular complexity index is 456. The minimum absolute atomic E-state index is 0.214. The van der Waals surface area contributed by atoms with E-state index < -0.39 is 11.7 Å². The number of thiophene rings is 1. The van der Waals surface area contributed by atoms with Crippen LogP contribution in [-0.4, -0.2) is 47.4 Å². The molecule has 5 nitrogen and oxygen atoms in total. The topological polar surface area (TPSA) is 61.8 Å². The van der Waals surface area contributed by atoms with Crippen LogP contribution >= 0.6 is 11.3 Å². The van der Waals surface area contributed by atoms with Gasteiger partial charge >= 0.3 is 6.09 Å². The van der Waals surface area contributed by atoms with Crippen LogP contribution in [0.15, 0.2) is 16.8 Å². The van der Waals surface area contributed by atoms with E-state index in [0.29, 0.717) is 19.6 Å². The maximum atomic E-state index is 12.0. The zero-order valence-electron chi connectivity index (χ0n) is 12.8. The third-order valence-electron chi connectivity index (χ3n) is 3.37. The van der Waals surface area contributed by atoms with Crippen LogP contribution in [0.1, 0.15) is 38.9 Å². The van der Waals surface area contributed by atoms with Gasteiger partial charge in [0, 0.05) is 25.7 Å². The molecule has 21 heavy (non-hydrogen) atoms. The maximum absolute atomic E-state index is 12.0. The first-order valence-corrected chi connectivity index (χ1v) is 8.21. The highest BCUT2D eigenvalue weighted by molar-refractivity contribution is 7.07. The number of nitrogens with one attached hydrogen (secondary N) is 1. The lowest BCUT2D eigenvalue weighted by molar-refractivity contribution is 0.0290. The predicted octanol–water partition coefficient (Wildman–Crippen LogP) is 2.38. The summed E-state index contributed by atoms with van der Waals surface area (Å²) in [4.78, 5) is 13.7. The lowest BCUT2D eigenvalue weighted by atomic mass is 10.2. The smallest absolute Gasteiger partial charge is 0.410 e. The molecule has 1 aromatic heterocycles. The molecule has 0 saturated carbocycles. The van der Waals surface area contributed by atoms with Crippen LogP contribution in [0.3, 0.4) is 0 Å². The van der Waals surface area contributed by atoms with E-state index >= 15 is 0 Å². The summed E-state index contributed by atoms with van der Waals surface area (Å²) in [6.07, 6.45) is 0.132. The summed E-state index contributed by atoms with van der Waals surface area (Å²) in [6, 6.07) is 2.14. The van der Waals surface area contributed by atoms with Crippen molar-refractivity contribution in [2.24, 2.45) is 0 Å². The van der Waals surface area contributed by atoms with E-state index in [1.165, 1.54) is 0 Å². The number of aliphatic hydroxyl groups is 1. The van der Waals surface area contributed by atoms with Crippen LogP contribution in [0.2, 0.25) is 0 Å². The zero-order valence-corrected chi connectivity index (χ0v) is 13.7. The summed E-state index contributed by atoms with van der Waals surface area (Å²) in [7, 11) is 0. The van der Waals surface area contributed by atoms with Crippen molar-refractivity contribution in [3.05, 3.63) is 22.4 Å². The molecule has 2 heterocycles. The zero-order chi connectivity index (χ0) is 15.5. The van der Waals surface area contributed by atoms with Gasteiger partial charge in [-0.3, -0.25) is 0 Å². The van der Waals surface area contributed by atoms with Gasteiger partial charge in [0.1, 0.15) is 5.60 Å². The summed E-state index contributed by atoms with van der Waals surface area (Å²) in [6.45, 7) is 7.44. The molecule has 1 aliphatic rings. The minimum Gasteiger partial charge on any atom is -0.444 e. The number of carbonyl (C=O) groups is 1. The van der Waals surface area contributed by atoms with Gasteiger partial charge in [-0.25, -0.2) is 4.79 Å². The van der Waals surface area contributed by atoms with Crippen LogP contribution in [-0.2, 0) is 4.74 Å². The predicted molar refractivity (Wildman–Crippen MR) is 83.5 cm³/mol. The molecule has 6 heteroatoms. The molecule has 1 amide bonds. The van der Waals surface area contributed by atoms with E-state index in [2.05, 4.69) is 5.32 Å². The number of hydrogen-bond donors (Lipinski definition) is 2. The fourth-order valence-electron chi connectivity index (χ4n) is 2.28. The maximum Gasteiger partial charge on any atom is 0.410 e. The molecule has 118 valence electrons. The monoisotopic (exact) mass is 312 g/mol. The van der Waals surface area contributed by atoms with Gasteiger partial charge in [0.2, 0.25) is 0 Å². The summed E-state index contributed by atoms with van der Waals surface area (Å²) < 4.78 is 5.37. The van der Waals surface area contributed by atoms with E-state index in [4.69, 9.17) is 4.74 Å². The molecule has 0 aliphatic carbocycles. The molecule has 1 aliphatic heterocycles. The van der Waals surface area contributed by atoms with Gasteiger partial charge in [-0.15, -0.1) is 0 Å². The van der Waals surface area contributed by atoms with Crippen LogP contribution in [0.25, 0.3) is 0 Å². The second kappa shape index (κ2) is 6.77. The number of rotatable bonds is 4. The first-order valence-electron chi connectivity index (χ1n) is 7.26. The summed E-state index contributed by atoms with van der Waals surface area (Å²) >= 11 is 1.58. The highest BCUT2D eigenvalue weighted by Gasteiger charge is 2.29. The average molecular weight is 312 g/mol. The van der Waals surface area contributed by atoms with Gasteiger partial charge in [0.25, 0.3) is 0 Å². The number of aliphatic hydroxyl groups excluding tert-OH is 1. The largest absolute Gasteiger partial charge is 0.444 e. The Labute approximate surface area is 129 Å². The summed E-state index contributed by atoms with van der Waals surface area (Å²) in [5.41, 5.74) is 0.479. The van der Waals surface area contributed by atoms with Crippen molar-refractivity contribution in [2.75, 3.05) is 19.6 Å². The van der Waals surface area contributed by atoms with Crippen molar-refractivity contribution in [1.82, 2.24) is 10.2 Å². The van der Waals surface area contributed by atoms with E-state index in [-0.39, 0.29) is 12.1 Å². The van der Waals surface area contributed by atoms with Crippen molar-refractivity contribution >= 4 is 17.4 Å². The second-order valence-electron chi connectivity index (χ2n) is 6.39. The molecular weight excluding hydrogens is 288 g/mol. The van der Waals surface area contributed by atoms with Crippen LogP contribution in [0.5, 0.6) is 0 Å². The Morgan fingerprint density at radius 1 is 1.62 bits per heavy atom. The SMILES string of the molecule is CC(C)(C)OC(=O)N1CCC(NCC(O)c2ccsc2)C1. The van der Waals surface area contributed by atoms with Gasteiger partial charge in [-0.1, -0.05) is 0 Å². The molecule has 2 unspecified atom stereocenters. The highest BCUT2D eigenvalue weighted by Crippen LogP contribution is 2.18. The van der Waals surface area contributed by atoms with E-state index in [0.717, 1.165) is 12.0 Å². The Kier molecular flexibility index (Phi) is 5.24. The van der Waals surface area contributed by atoms with Gasteiger partial charge in [-0.05, 0) is 49.6 Å². The standard InChI is InChI=1S/C15H24N2O3S/c1-15(2,3)20-14(19)17-6-4-12(9-17)16-8-13(18)11-5-7-21-10-11/h5,7,10,12-13,16,18H,4,6,8-9H2,1-3H3. The van der Waals surface area contributed by atoms with Gasteiger partial charge in [-0.2, -0.15) is 11.3 Å². The Morgan fingerprint density at radius 2 is 2.38 bits per heavy atom. The molecule has 0 bridgehead atoms. The third kappa shape index (κ3) is 4.98. The number of nitrogens with zero attached hydrogens (tertiary/aromatic N) is 1. The highest BCUT2D eigenvalue weighted by atomic mass is 32.1. The summed E-state index contributed by atoms with van der Waals surface area (Å²) in [5, 5.41) is 17.3. The lowest BCUT2D eigenvalue weighted by Gasteiger charge is -2.24. The number of hydrogen-bond acceptors (Lipinski definition) is 5. The lowest BCUT2D eigenvalue weighted by Crippen LogP contribution is -2.39. The van der Waals surface area contributed by atoms with E-state index in [1.54, 1.807) is 16.2 Å². The molecular formula is C15H24N2O3S. The van der Waals surface area contributed by atoms with Crippen molar-refractivity contribution in [1.29, 1.82) is 0 Å². The average Bonchev–Trinajstić information content (AvgIpc) is 3.05. The quantitative estimate of drug-likeness (QED) is 0.896. The number of ether oxygens (including phenoxy) is 1. The molecule has 1 aromatic rings. The Balaban J connectivity index is 1.74. The Morgan fingerprint density at radius 3 is 3.00 bits per heavy atom. The second-order valence-corrected chi connectivity index (χ2v) is 7.17. The first-order chi connectivity index (χ1) is 9.85.